The average Bonchev–Trinajstić information content (AvgIpc) is 2.96. The van der Waals surface area contributed by atoms with E-state index in [1.807, 2.05) is 6.92 Å². The fraction of sp³-hybridized carbons (Fsp3) is 0.667. The minimum absolute atomic E-state index is 0.0574. The van der Waals surface area contributed by atoms with Gasteiger partial charge in [-0.15, -0.1) is 22.9 Å². The molecule has 19 heavy (non-hydrogen) atoms. The lowest BCUT2D eigenvalue weighted by Crippen LogP contribution is -2.36. The molecule has 108 valence electrons. The summed E-state index contributed by atoms with van der Waals surface area (Å²) >= 11 is 10.6. The smallest absolute Gasteiger partial charge is 0.210 e. The van der Waals surface area contributed by atoms with Crippen molar-refractivity contribution in [1.82, 2.24) is 4.72 Å². The molecule has 1 N–H and O–H groups in total. The van der Waals surface area contributed by atoms with Gasteiger partial charge < -0.3 is 0 Å². The van der Waals surface area contributed by atoms with Crippen LogP contribution < -0.4 is 4.72 Å². The van der Waals surface area contributed by atoms with E-state index in [9.17, 15) is 8.42 Å². The summed E-state index contributed by atoms with van der Waals surface area (Å²) in [7, 11) is -3.42. The zero-order valence-electron chi connectivity index (χ0n) is 10.7. The summed E-state index contributed by atoms with van der Waals surface area (Å²) in [5.41, 5.74) is 0.885. The number of thiophene rings is 1. The largest absolute Gasteiger partial charge is 0.250 e. The number of alkyl halides is 1. The topological polar surface area (TPSA) is 46.2 Å². The normalized spacial score (nSPS) is 18.9. The zero-order chi connectivity index (χ0) is 14.1. The van der Waals surface area contributed by atoms with Gasteiger partial charge in [0.2, 0.25) is 10.0 Å². The molecule has 0 bridgehead atoms. The second-order valence-electron chi connectivity index (χ2n) is 5.19. The van der Waals surface area contributed by atoms with Crippen LogP contribution in [-0.4, -0.2) is 20.8 Å². The van der Waals surface area contributed by atoms with Crippen molar-refractivity contribution in [3.8, 4) is 0 Å². The molecule has 0 aromatic carbocycles. The molecular weight excluding hydrogens is 370 g/mol. The van der Waals surface area contributed by atoms with Gasteiger partial charge in [-0.2, -0.15) is 0 Å². The molecule has 0 radical (unpaired) electrons. The third-order valence-corrected chi connectivity index (χ3v) is 8.26. The second-order valence-corrected chi connectivity index (χ2v) is 9.82. The Labute approximate surface area is 131 Å². The first kappa shape index (κ1) is 15.8. The van der Waals surface area contributed by atoms with Gasteiger partial charge in [-0.25, -0.2) is 13.1 Å². The van der Waals surface area contributed by atoms with Gasteiger partial charge in [0.15, 0.2) is 0 Å². The van der Waals surface area contributed by atoms with Crippen LogP contribution in [0.5, 0.6) is 0 Å². The first-order valence-electron chi connectivity index (χ1n) is 6.20. The average molecular weight is 387 g/mol. The first-order chi connectivity index (χ1) is 8.88. The maximum absolute atomic E-state index is 12.2. The third kappa shape index (κ3) is 3.53. The predicted molar refractivity (Wildman–Crippen MR) is 83.6 cm³/mol. The summed E-state index contributed by atoms with van der Waals surface area (Å²) in [4.78, 5) is 0. The van der Waals surface area contributed by atoms with Crippen molar-refractivity contribution >= 4 is 48.9 Å². The molecule has 0 amide bonds. The Bertz CT molecular complexity index is 531. The molecular formula is C12H17BrClNO2S2. The number of sulfonamides is 1. The Morgan fingerprint density at radius 1 is 1.47 bits per heavy atom. The van der Waals surface area contributed by atoms with E-state index in [1.54, 1.807) is 6.07 Å². The summed E-state index contributed by atoms with van der Waals surface area (Å²) in [6.07, 6.45) is 4.29. The zero-order valence-corrected chi connectivity index (χ0v) is 14.7. The highest BCUT2D eigenvalue weighted by molar-refractivity contribution is 9.11. The van der Waals surface area contributed by atoms with Crippen molar-refractivity contribution in [3.63, 3.8) is 0 Å². The van der Waals surface area contributed by atoms with Gasteiger partial charge >= 0.3 is 0 Å². The molecule has 1 aliphatic carbocycles. The third-order valence-electron chi connectivity index (χ3n) is 3.68. The minimum Gasteiger partial charge on any atom is -0.210 e. The maximum Gasteiger partial charge on any atom is 0.250 e. The van der Waals surface area contributed by atoms with Crippen molar-refractivity contribution in [2.75, 3.05) is 12.4 Å². The quantitative estimate of drug-likeness (QED) is 0.780. The van der Waals surface area contributed by atoms with Gasteiger partial charge in [0, 0.05) is 12.4 Å². The summed E-state index contributed by atoms with van der Waals surface area (Å²) in [5, 5.41) is 0. The fourth-order valence-corrected chi connectivity index (χ4v) is 6.16. The van der Waals surface area contributed by atoms with Crippen LogP contribution in [0, 0.1) is 12.3 Å². The Kier molecular flexibility index (Phi) is 4.99. The molecule has 7 heteroatoms. The van der Waals surface area contributed by atoms with Crippen molar-refractivity contribution < 1.29 is 8.42 Å². The Morgan fingerprint density at radius 2 is 2.11 bits per heavy atom. The van der Waals surface area contributed by atoms with E-state index >= 15 is 0 Å². The number of aryl methyl sites for hydroxylation is 1. The fourth-order valence-electron chi connectivity index (χ4n) is 2.37. The lowest BCUT2D eigenvalue weighted by molar-refractivity contribution is 0.342. The van der Waals surface area contributed by atoms with Gasteiger partial charge in [-0.1, -0.05) is 12.8 Å². The van der Waals surface area contributed by atoms with Crippen LogP contribution in [0.1, 0.15) is 31.2 Å². The number of hydrogen-bond acceptors (Lipinski definition) is 3. The molecule has 1 heterocycles. The Balaban J connectivity index is 2.09. The highest BCUT2D eigenvalue weighted by atomic mass is 79.9. The lowest BCUT2D eigenvalue weighted by Gasteiger charge is -2.26. The highest BCUT2D eigenvalue weighted by Gasteiger charge is 2.34. The van der Waals surface area contributed by atoms with Crippen LogP contribution in [0.2, 0.25) is 0 Å². The molecule has 1 aliphatic rings. The minimum atomic E-state index is -3.42. The monoisotopic (exact) mass is 385 g/mol. The van der Waals surface area contributed by atoms with E-state index < -0.39 is 10.0 Å². The van der Waals surface area contributed by atoms with Gasteiger partial charge in [-0.05, 0) is 52.7 Å². The van der Waals surface area contributed by atoms with Crippen LogP contribution in [0.15, 0.2) is 14.1 Å². The Morgan fingerprint density at radius 3 is 2.58 bits per heavy atom. The van der Waals surface area contributed by atoms with Gasteiger partial charge in [0.1, 0.15) is 4.21 Å². The molecule has 3 nitrogen and oxygen atoms in total. The molecule has 1 aromatic rings. The summed E-state index contributed by atoms with van der Waals surface area (Å²) in [6, 6.07) is 1.69. The van der Waals surface area contributed by atoms with E-state index in [1.165, 1.54) is 11.3 Å². The number of hydrogen-bond donors (Lipinski definition) is 1. The van der Waals surface area contributed by atoms with Crippen LogP contribution >= 0.6 is 38.9 Å². The first-order valence-corrected chi connectivity index (χ1v) is 9.83. The van der Waals surface area contributed by atoms with Gasteiger partial charge in [-0.3, -0.25) is 0 Å². The second kappa shape index (κ2) is 6.02. The summed E-state index contributed by atoms with van der Waals surface area (Å²) in [5.74, 6) is 0.517. The summed E-state index contributed by atoms with van der Waals surface area (Å²) in [6.45, 7) is 2.32. The molecule has 1 fully saturated rings. The van der Waals surface area contributed by atoms with Crippen molar-refractivity contribution in [1.29, 1.82) is 0 Å². The van der Waals surface area contributed by atoms with E-state index in [2.05, 4.69) is 20.7 Å². The summed E-state index contributed by atoms with van der Waals surface area (Å²) < 4.78 is 28.4. The molecule has 0 unspecified atom stereocenters. The van der Waals surface area contributed by atoms with Gasteiger partial charge in [0.25, 0.3) is 0 Å². The van der Waals surface area contributed by atoms with Crippen LogP contribution in [0.3, 0.4) is 0 Å². The molecule has 0 saturated heterocycles. The lowest BCUT2D eigenvalue weighted by atomic mass is 9.89. The van der Waals surface area contributed by atoms with Crippen molar-refractivity contribution in [2.45, 2.75) is 36.8 Å². The molecule has 0 atom stereocenters. The Hall–Kier alpha value is 0.380. The molecule has 1 aromatic heterocycles. The van der Waals surface area contributed by atoms with Crippen molar-refractivity contribution in [2.24, 2.45) is 5.41 Å². The van der Waals surface area contributed by atoms with Crippen LogP contribution in [-0.2, 0) is 10.0 Å². The van der Waals surface area contributed by atoms with Gasteiger partial charge in [0.05, 0.1) is 3.79 Å². The van der Waals surface area contributed by atoms with Crippen molar-refractivity contribution in [3.05, 3.63) is 15.4 Å². The molecule has 2 rings (SSSR count). The van der Waals surface area contributed by atoms with E-state index in [0.717, 1.165) is 35.0 Å². The van der Waals surface area contributed by atoms with E-state index in [4.69, 9.17) is 11.6 Å². The number of halogens is 2. The SMILES string of the molecule is Cc1cc(S(=O)(=O)NCC2(CCl)CCCC2)sc1Br. The standard InChI is InChI=1S/C12H17BrClNO2S2/c1-9-6-10(18-11(9)13)19(16,17)15-8-12(7-14)4-2-3-5-12/h6,15H,2-5,7-8H2,1H3. The van der Waals surface area contributed by atoms with E-state index in [-0.39, 0.29) is 5.41 Å². The number of nitrogens with one attached hydrogen (secondary N) is 1. The molecule has 0 spiro atoms. The van der Waals surface area contributed by atoms with Crippen LogP contribution in [0.4, 0.5) is 0 Å². The maximum atomic E-state index is 12.2. The highest BCUT2D eigenvalue weighted by Crippen LogP contribution is 2.39. The van der Waals surface area contributed by atoms with E-state index in [0.29, 0.717) is 16.6 Å². The molecule has 1 saturated carbocycles. The molecule has 0 aliphatic heterocycles. The number of rotatable bonds is 5. The predicted octanol–water partition coefficient (Wildman–Crippen LogP) is 3.90. The van der Waals surface area contributed by atoms with Crippen LogP contribution in [0.25, 0.3) is 0 Å².